The van der Waals surface area contributed by atoms with E-state index < -0.39 is 28.9 Å². The minimum Gasteiger partial charge on any atom is -0.480 e. The summed E-state index contributed by atoms with van der Waals surface area (Å²) in [6.45, 7) is 6.57. The maximum atomic E-state index is 15.4. The number of aryl methyl sites for hydroxylation is 1. The number of aromatic nitrogens is 3. The number of benzene rings is 1. The van der Waals surface area contributed by atoms with Crippen LogP contribution in [-0.4, -0.2) is 58.3 Å². The van der Waals surface area contributed by atoms with Crippen molar-refractivity contribution in [1.82, 2.24) is 15.2 Å². The number of alkyl halides is 2. The number of aliphatic hydroxyl groups is 1. The average molecular weight is 518 g/mol. The summed E-state index contributed by atoms with van der Waals surface area (Å²) in [5.41, 5.74) is -1.35. The molecule has 2 fully saturated rings. The molecule has 0 spiro atoms. The summed E-state index contributed by atoms with van der Waals surface area (Å²) in [5.74, 6) is -4.08. The van der Waals surface area contributed by atoms with E-state index in [2.05, 4.69) is 20.4 Å². The molecule has 198 valence electrons. The molecule has 1 aromatic carbocycles. The Hall–Kier alpha value is -3.18. The van der Waals surface area contributed by atoms with Gasteiger partial charge in [-0.1, -0.05) is 12.1 Å². The van der Waals surface area contributed by atoms with Gasteiger partial charge in [-0.3, -0.25) is 0 Å². The Balaban J connectivity index is 1.54. The van der Waals surface area contributed by atoms with Gasteiger partial charge < -0.3 is 24.8 Å². The molecule has 2 aliphatic rings. The van der Waals surface area contributed by atoms with Crippen LogP contribution in [0.15, 0.2) is 24.3 Å². The first kappa shape index (κ1) is 25.5. The lowest BCUT2D eigenvalue weighted by Crippen LogP contribution is -2.64. The second-order valence-electron chi connectivity index (χ2n) is 10.2. The summed E-state index contributed by atoms with van der Waals surface area (Å²) >= 11 is 0. The molecule has 5 rings (SSSR count). The standard InChI is InChI=1S/C26H30F3N5O3/c1-13(17-7-6-8-19(21(17)27)26(28,29)25(3,4)35)30-23-18-10-20(34-15-9-16(34)12-37-11-15)24(36-5)31-22(18)14(2)32-33-23/h6-8,10,13,15-16,35H,9,11-12H2,1-5H3,(H,30,33)/t13-,15?,16?/m1/s1. The van der Waals surface area contributed by atoms with Crippen LogP contribution in [0.2, 0.25) is 0 Å². The molecule has 0 amide bonds. The molecular weight excluding hydrogens is 487 g/mol. The Morgan fingerprint density at radius 1 is 1.22 bits per heavy atom. The number of hydrogen-bond acceptors (Lipinski definition) is 8. The Kier molecular flexibility index (Phi) is 6.18. The van der Waals surface area contributed by atoms with E-state index in [9.17, 15) is 13.9 Å². The lowest BCUT2D eigenvalue weighted by Gasteiger charge is -2.53. The highest BCUT2D eigenvalue weighted by Gasteiger charge is 2.49. The zero-order chi connectivity index (χ0) is 26.7. The van der Waals surface area contributed by atoms with Gasteiger partial charge in [-0.15, -0.1) is 5.10 Å². The van der Waals surface area contributed by atoms with E-state index in [-0.39, 0.29) is 17.6 Å². The molecule has 2 N–H and O–H groups in total. The fraction of sp³-hybridized carbons (Fsp3) is 0.500. The van der Waals surface area contributed by atoms with Gasteiger partial charge in [0.2, 0.25) is 5.88 Å². The van der Waals surface area contributed by atoms with Gasteiger partial charge >= 0.3 is 5.92 Å². The summed E-state index contributed by atoms with van der Waals surface area (Å²) < 4.78 is 56.2. The normalized spacial score (nSPS) is 20.5. The van der Waals surface area contributed by atoms with Crippen molar-refractivity contribution in [1.29, 1.82) is 0 Å². The summed E-state index contributed by atoms with van der Waals surface area (Å²) in [4.78, 5) is 6.94. The summed E-state index contributed by atoms with van der Waals surface area (Å²) in [6.07, 6.45) is 1.03. The first-order valence-corrected chi connectivity index (χ1v) is 12.2. The predicted molar refractivity (Wildman–Crippen MR) is 133 cm³/mol. The molecule has 2 aliphatic heterocycles. The third-order valence-electron chi connectivity index (χ3n) is 7.24. The van der Waals surface area contributed by atoms with Gasteiger partial charge in [0.25, 0.3) is 0 Å². The van der Waals surface area contributed by atoms with Gasteiger partial charge in [0.1, 0.15) is 22.6 Å². The van der Waals surface area contributed by atoms with Crippen molar-refractivity contribution >= 4 is 22.4 Å². The highest BCUT2D eigenvalue weighted by atomic mass is 19.3. The third-order valence-corrected chi connectivity index (χ3v) is 7.24. The first-order chi connectivity index (χ1) is 17.4. The molecule has 37 heavy (non-hydrogen) atoms. The molecule has 3 aromatic rings. The smallest absolute Gasteiger partial charge is 0.303 e. The highest BCUT2D eigenvalue weighted by molar-refractivity contribution is 5.94. The van der Waals surface area contributed by atoms with E-state index in [0.717, 1.165) is 32.0 Å². The number of hydrogen-bond donors (Lipinski definition) is 2. The Bertz CT molecular complexity index is 1330. The number of anilines is 2. The Morgan fingerprint density at radius 3 is 2.54 bits per heavy atom. The fourth-order valence-corrected chi connectivity index (χ4v) is 5.08. The maximum Gasteiger partial charge on any atom is 0.303 e. The predicted octanol–water partition coefficient (Wildman–Crippen LogP) is 4.49. The number of fused-ring (bicyclic) bond motifs is 3. The van der Waals surface area contributed by atoms with Crippen LogP contribution in [0.1, 0.15) is 50.1 Å². The molecule has 2 bridgehead atoms. The Morgan fingerprint density at radius 2 is 1.92 bits per heavy atom. The summed E-state index contributed by atoms with van der Waals surface area (Å²) in [7, 11) is 1.56. The molecule has 8 nitrogen and oxygen atoms in total. The maximum absolute atomic E-state index is 15.4. The lowest BCUT2D eigenvalue weighted by molar-refractivity contribution is -0.170. The van der Waals surface area contributed by atoms with Gasteiger partial charge in [0, 0.05) is 10.9 Å². The van der Waals surface area contributed by atoms with Crippen LogP contribution in [0.4, 0.5) is 24.7 Å². The van der Waals surface area contributed by atoms with E-state index in [1.165, 1.54) is 12.1 Å². The molecular formula is C26H30F3N5O3. The van der Waals surface area contributed by atoms with Crippen LogP contribution >= 0.6 is 0 Å². The van der Waals surface area contributed by atoms with Crippen LogP contribution in [0.25, 0.3) is 10.9 Å². The van der Waals surface area contributed by atoms with Crippen LogP contribution in [0, 0.1) is 12.7 Å². The topological polar surface area (TPSA) is 92.6 Å². The molecule has 3 atom stereocenters. The number of nitrogens with zero attached hydrogens (tertiary/aromatic N) is 4. The van der Waals surface area contributed by atoms with Crippen molar-refractivity contribution in [2.45, 2.75) is 63.8 Å². The van der Waals surface area contributed by atoms with E-state index in [1.807, 2.05) is 6.07 Å². The molecule has 0 aliphatic carbocycles. The number of ether oxygens (including phenoxy) is 2. The molecule has 2 saturated heterocycles. The minimum atomic E-state index is -3.79. The second kappa shape index (κ2) is 8.98. The van der Waals surface area contributed by atoms with Crippen molar-refractivity contribution in [3.05, 3.63) is 46.9 Å². The zero-order valence-electron chi connectivity index (χ0n) is 21.3. The molecule has 11 heteroatoms. The van der Waals surface area contributed by atoms with Crippen LogP contribution in [0.5, 0.6) is 5.88 Å². The number of nitrogens with one attached hydrogen (secondary N) is 1. The summed E-state index contributed by atoms with van der Waals surface area (Å²) in [5, 5.41) is 22.2. The third kappa shape index (κ3) is 4.14. The quantitative estimate of drug-likeness (QED) is 0.474. The Labute approximate surface area is 212 Å². The lowest BCUT2D eigenvalue weighted by atomic mass is 9.90. The van der Waals surface area contributed by atoms with Gasteiger partial charge in [-0.25, -0.2) is 9.37 Å². The van der Waals surface area contributed by atoms with Crippen molar-refractivity contribution in [3.8, 4) is 5.88 Å². The van der Waals surface area contributed by atoms with Gasteiger partial charge in [-0.2, -0.15) is 13.9 Å². The SMILES string of the molecule is COc1nc2c(C)nnc(N[C@H](C)c3cccc(C(F)(F)C(C)(C)O)c3F)c2cc1N1C2COCC1C2. The summed E-state index contributed by atoms with van der Waals surface area (Å²) in [6, 6.07) is 5.40. The number of methoxy groups -OCH3 is 1. The monoisotopic (exact) mass is 517 g/mol. The zero-order valence-corrected chi connectivity index (χ0v) is 21.3. The molecule has 2 aromatic heterocycles. The fourth-order valence-electron chi connectivity index (χ4n) is 5.08. The molecule has 4 heterocycles. The molecule has 0 saturated carbocycles. The van der Waals surface area contributed by atoms with Gasteiger partial charge in [0.15, 0.2) is 5.82 Å². The number of morpholine rings is 1. The second-order valence-corrected chi connectivity index (χ2v) is 10.2. The molecule has 0 radical (unpaired) electrons. The van der Waals surface area contributed by atoms with Crippen molar-refractivity contribution in [2.75, 3.05) is 30.5 Å². The largest absolute Gasteiger partial charge is 0.480 e. The number of pyridine rings is 1. The number of rotatable bonds is 7. The molecule has 2 unspecified atom stereocenters. The van der Waals surface area contributed by atoms with Crippen molar-refractivity contribution in [3.63, 3.8) is 0 Å². The average Bonchev–Trinajstić information content (AvgIpc) is 2.85. The van der Waals surface area contributed by atoms with Crippen molar-refractivity contribution in [2.24, 2.45) is 0 Å². The van der Waals surface area contributed by atoms with Crippen LogP contribution in [-0.2, 0) is 10.7 Å². The highest BCUT2D eigenvalue weighted by Crippen LogP contribution is 2.44. The van der Waals surface area contributed by atoms with E-state index in [0.29, 0.717) is 41.5 Å². The van der Waals surface area contributed by atoms with Gasteiger partial charge in [-0.05, 0) is 46.2 Å². The van der Waals surface area contributed by atoms with Crippen LogP contribution in [0.3, 0.4) is 0 Å². The number of halogens is 3. The van der Waals surface area contributed by atoms with E-state index in [1.54, 1.807) is 21.0 Å². The van der Waals surface area contributed by atoms with Crippen molar-refractivity contribution < 1.29 is 27.8 Å². The van der Waals surface area contributed by atoms with E-state index in [4.69, 9.17) is 14.5 Å². The first-order valence-electron chi connectivity index (χ1n) is 12.2. The van der Waals surface area contributed by atoms with E-state index >= 15 is 4.39 Å². The van der Waals surface area contributed by atoms with Gasteiger partial charge in [0.05, 0.1) is 49.7 Å². The van der Waals surface area contributed by atoms with Crippen LogP contribution < -0.4 is 15.0 Å². The minimum absolute atomic E-state index is 0.00747.